The number of hydrogen-bond acceptors (Lipinski definition) is 4. The molecule has 0 aromatic carbocycles. The van der Waals surface area contributed by atoms with E-state index in [-0.39, 0.29) is 23.7 Å². The Morgan fingerprint density at radius 2 is 2.06 bits per heavy atom. The van der Waals surface area contributed by atoms with Gasteiger partial charge in [0.1, 0.15) is 5.41 Å². The molecule has 6 heteroatoms. The second-order valence-electron chi connectivity index (χ2n) is 4.89. The number of carbonyl (C=O) groups is 1. The van der Waals surface area contributed by atoms with E-state index in [1.165, 1.54) is 0 Å². The van der Waals surface area contributed by atoms with Crippen molar-refractivity contribution in [1.82, 2.24) is 5.32 Å². The standard InChI is InChI=1S/C11H23N3O3/c1-7(2)8(6-17-5)13-10(15)11(3,4)9(12)14-16/h7-8,16H,6H2,1-5H3,(H2,12,14)(H,13,15). The Morgan fingerprint density at radius 1 is 1.53 bits per heavy atom. The van der Waals surface area contributed by atoms with Crippen LogP contribution in [0.25, 0.3) is 0 Å². The minimum absolute atomic E-state index is 0.0988. The van der Waals surface area contributed by atoms with Crippen molar-refractivity contribution in [2.24, 2.45) is 22.2 Å². The highest BCUT2D eigenvalue weighted by Crippen LogP contribution is 2.16. The largest absolute Gasteiger partial charge is 0.409 e. The molecule has 0 saturated carbocycles. The lowest BCUT2D eigenvalue weighted by atomic mass is 9.90. The molecule has 0 spiro atoms. The fraction of sp³-hybridized carbons (Fsp3) is 0.818. The third-order valence-corrected chi connectivity index (χ3v) is 2.78. The van der Waals surface area contributed by atoms with Crippen LogP contribution in [0, 0.1) is 11.3 Å². The van der Waals surface area contributed by atoms with E-state index in [4.69, 9.17) is 15.7 Å². The maximum atomic E-state index is 12.0. The van der Waals surface area contributed by atoms with Crippen LogP contribution in [0.3, 0.4) is 0 Å². The van der Waals surface area contributed by atoms with Crippen molar-refractivity contribution >= 4 is 11.7 Å². The van der Waals surface area contributed by atoms with Gasteiger partial charge < -0.3 is 21.0 Å². The van der Waals surface area contributed by atoms with Gasteiger partial charge in [0.05, 0.1) is 12.6 Å². The highest BCUT2D eigenvalue weighted by Gasteiger charge is 2.34. The van der Waals surface area contributed by atoms with E-state index in [2.05, 4.69) is 10.5 Å². The van der Waals surface area contributed by atoms with Gasteiger partial charge in [-0.2, -0.15) is 0 Å². The molecule has 100 valence electrons. The zero-order valence-electron chi connectivity index (χ0n) is 11.2. The predicted molar refractivity (Wildman–Crippen MR) is 65.8 cm³/mol. The molecule has 0 heterocycles. The van der Waals surface area contributed by atoms with Crippen molar-refractivity contribution in [2.45, 2.75) is 33.7 Å². The molecular weight excluding hydrogens is 222 g/mol. The van der Waals surface area contributed by atoms with Gasteiger partial charge in [-0.3, -0.25) is 4.79 Å². The molecule has 0 fully saturated rings. The number of amides is 1. The van der Waals surface area contributed by atoms with E-state index >= 15 is 0 Å². The summed E-state index contributed by atoms with van der Waals surface area (Å²) in [4.78, 5) is 12.0. The molecule has 0 aromatic rings. The summed E-state index contributed by atoms with van der Waals surface area (Å²) < 4.78 is 5.04. The first-order chi connectivity index (χ1) is 7.77. The van der Waals surface area contributed by atoms with Crippen LogP contribution in [0.1, 0.15) is 27.7 Å². The van der Waals surface area contributed by atoms with Crippen LogP contribution in [0.5, 0.6) is 0 Å². The monoisotopic (exact) mass is 245 g/mol. The molecule has 1 atom stereocenters. The summed E-state index contributed by atoms with van der Waals surface area (Å²) in [7, 11) is 1.58. The van der Waals surface area contributed by atoms with Crippen molar-refractivity contribution in [3.8, 4) is 0 Å². The summed E-state index contributed by atoms with van der Waals surface area (Å²) in [6.45, 7) is 7.60. The molecule has 1 amide bonds. The normalized spacial score (nSPS) is 14.8. The minimum Gasteiger partial charge on any atom is -0.409 e. The highest BCUT2D eigenvalue weighted by atomic mass is 16.5. The molecule has 0 saturated heterocycles. The number of nitrogens with two attached hydrogens (primary N) is 1. The van der Waals surface area contributed by atoms with Gasteiger partial charge in [-0.1, -0.05) is 19.0 Å². The fourth-order valence-corrected chi connectivity index (χ4v) is 1.17. The van der Waals surface area contributed by atoms with Crippen LogP contribution < -0.4 is 11.1 Å². The number of nitrogens with one attached hydrogen (secondary N) is 1. The minimum atomic E-state index is -1.05. The Kier molecular flexibility index (Phi) is 5.95. The Balaban J connectivity index is 4.71. The molecule has 0 aliphatic heterocycles. The number of oxime groups is 1. The van der Waals surface area contributed by atoms with Gasteiger partial charge in [-0.25, -0.2) is 0 Å². The molecule has 0 bridgehead atoms. The molecule has 17 heavy (non-hydrogen) atoms. The molecule has 4 N–H and O–H groups in total. The maximum absolute atomic E-state index is 12.0. The zero-order chi connectivity index (χ0) is 13.6. The molecular formula is C11H23N3O3. The average Bonchev–Trinajstić information content (AvgIpc) is 2.26. The Labute approximate surface area is 102 Å². The SMILES string of the molecule is COCC(NC(=O)C(C)(C)C(N)=NO)C(C)C. The van der Waals surface area contributed by atoms with E-state index in [1.807, 2.05) is 13.8 Å². The van der Waals surface area contributed by atoms with Crippen molar-refractivity contribution in [2.75, 3.05) is 13.7 Å². The topological polar surface area (TPSA) is 96.9 Å². The van der Waals surface area contributed by atoms with E-state index in [1.54, 1.807) is 21.0 Å². The van der Waals surface area contributed by atoms with Crippen molar-refractivity contribution in [1.29, 1.82) is 0 Å². The van der Waals surface area contributed by atoms with Crippen LogP contribution in [0.4, 0.5) is 0 Å². The molecule has 1 unspecified atom stereocenters. The third kappa shape index (κ3) is 4.22. The second-order valence-corrected chi connectivity index (χ2v) is 4.89. The summed E-state index contributed by atoms with van der Waals surface area (Å²) in [5, 5.41) is 14.3. The number of hydrogen-bond donors (Lipinski definition) is 3. The average molecular weight is 245 g/mol. The number of nitrogens with zero attached hydrogens (tertiary/aromatic N) is 1. The van der Waals surface area contributed by atoms with Crippen LogP contribution in [0.2, 0.25) is 0 Å². The summed E-state index contributed by atoms with van der Waals surface area (Å²) in [5.74, 6) is -0.166. The zero-order valence-corrected chi connectivity index (χ0v) is 11.2. The quantitative estimate of drug-likeness (QED) is 0.275. The molecule has 6 nitrogen and oxygen atoms in total. The van der Waals surface area contributed by atoms with Crippen LogP contribution >= 0.6 is 0 Å². The van der Waals surface area contributed by atoms with Crippen molar-refractivity contribution in [3.63, 3.8) is 0 Å². The Hall–Kier alpha value is -1.30. The van der Waals surface area contributed by atoms with Gasteiger partial charge in [0.15, 0.2) is 5.84 Å². The number of amidine groups is 1. The molecule has 0 aliphatic carbocycles. The van der Waals surface area contributed by atoms with E-state index in [0.29, 0.717) is 6.61 Å². The number of carbonyl (C=O) groups excluding carboxylic acids is 1. The van der Waals surface area contributed by atoms with Gasteiger partial charge >= 0.3 is 0 Å². The predicted octanol–water partition coefficient (Wildman–Crippen LogP) is 0.546. The van der Waals surface area contributed by atoms with Crippen LogP contribution in [0.15, 0.2) is 5.16 Å². The first-order valence-corrected chi connectivity index (χ1v) is 5.55. The highest BCUT2D eigenvalue weighted by molar-refractivity contribution is 6.05. The second kappa shape index (κ2) is 6.44. The first-order valence-electron chi connectivity index (χ1n) is 5.55. The van der Waals surface area contributed by atoms with Gasteiger partial charge in [0, 0.05) is 7.11 Å². The summed E-state index contributed by atoms with van der Waals surface area (Å²) >= 11 is 0. The lowest BCUT2D eigenvalue weighted by Crippen LogP contribution is -2.51. The molecule has 0 rings (SSSR count). The van der Waals surface area contributed by atoms with Gasteiger partial charge in [-0.05, 0) is 19.8 Å². The fourth-order valence-electron chi connectivity index (χ4n) is 1.17. The third-order valence-electron chi connectivity index (χ3n) is 2.78. The molecule has 0 aromatic heterocycles. The first kappa shape index (κ1) is 15.7. The van der Waals surface area contributed by atoms with E-state index < -0.39 is 5.41 Å². The van der Waals surface area contributed by atoms with Crippen LogP contribution in [-0.4, -0.2) is 36.7 Å². The lowest BCUT2D eigenvalue weighted by Gasteiger charge is -2.27. The maximum Gasteiger partial charge on any atom is 0.233 e. The lowest BCUT2D eigenvalue weighted by molar-refractivity contribution is -0.127. The Bertz CT molecular complexity index is 288. The number of rotatable bonds is 6. The van der Waals surface area contributed by atoms with E-state index in [0.717, 1.165) is 0 Å². The van der Waals surface area contributed by atoms with Crippen molar-refractivity contribution in [3.05, 3.63) is 0 Å². The van der Waals surface area contributed by atoms with Gasteiger partial charge in [-0.15, -0.1) is 0 Å². The van der Waals surface area contributed by atoms with Crippen LogP contribution in [-0.2, 0) is 9.53 Å². The number of methoxy groups -OCH3 is 1. The summed E-state index contributed by atoms with van der Waals surface area (Å²) in [6.07, 6.45) is 0. The molecule has 0 radical (unpaired) electrons. The summed E-state index contributed by atoms with van der Waals surface area (Å²) in [6, 6.07) is -0.0988. The van der Waals surface area contributed by atoms with Gasteiger partial charge in [0.25, 0.3) is 0 Å². The smallest absolute Gasteiger partial charge is 0.233 e. The Morgan fingerprint density at radius 3 is 2.41 bits per heavy atom. The van der Waals surface area contributed by atoms with Crippen molar-refractivity contribution < 1.29 is 14.7 Å². The molecule has 0 aliphatic rings. The number of ether oxygens (including phenoxy) is 1. The summed E-state index contributed by atoms with van der Waals surface area (Å²) in [5.41, 5.74) is 4.44. The van der Waals surface area contributed by atoms with E-state index in [9.17, 15) is 4.79 Å². The van der Waals surface area contributed by atoms with Gasteiger partial charge in [0.2, 0.25) is 5.91 Å².